The second-order valence-electron chi connectivity index (χ2n) is 4.61. The molecular formula is C13H13Cl2NO. The molecule has 0 radical (unpaired) electrons. The van der Waals surface area contributed by atoms with E-state index in [1.54, 1.807) is 19.9 Å². The molecule has 0 saturated heterocycles. The van der Waals surface area contributed by atoms with Gasteiger partial charge in [-0.3, -0.25) is 4.98 Å². The summed E-state index contributed by atoms with van der Waals surface area (Å²) in [6.07, 6.45) is 0. The maximum Gasteiger partial charge on any atom is 0.0876 e. The van der Waals surface area contributed by atoms with Crippen LogP contribution in [0.3, 0.4) is 0 Å². The Kier molecular flexibility index (Phi) is 3.06. The van der Waals surface area contributed by atoms with Gasteiger partial charge in [0.05, 0.1) is 21.8 Å². The van der Waals surface area contributed by atoms with Crippen molar-refractivity contribution in [3.63, 3.8) is 0 Å². The molecule has 2 rings (SSSR count). The van der Waals surface area contributed by atoms with Crippen LogP contribution in [0.4, 0.5) is 0 Å². The van der Waals surface area contributed by atoms with Crippen LogP contribution in [0.1, 0.15) is 25.1 Å². The number of pyridine rings is 1. The van der Waals surface area contributed by atoms with Crippen molar-refractivity contribution in [2.24, 2.45) is 0 Å². The van der Waals surface area contributed by atoms with Crippen molar-refractivity contribution < 1.29 is 5.11 Å². The molecule has 0 bridgehead atoms. The Morgan fingerprint density at radius 3 is 2.41 bits per heavy atom. The first-order valence-electron chi connectivity index (χ1n) is 5.29. The quantitative estimate of drug-likeness (QED) is 0.847. The van der Waals surface area contributed by atoms with Crippen LogP contribution in [0.2, 0.25) is 10.0 Å². The Labute approximate surface area is 110 Å². The summed E-state index contributed by atoms with van der Waals surface area (Å²) in [6.45, 7) is 5.22. The average Bonchev–Trinajstić information content (AvgIpc) is 2.18. The van der Waals surface area contributed by atoms with Crippen LogP contribution in [-0.4, -0.2) is 10.1 Å². The SMILES string of the molecule is Cc1nc2c(C(C)(C)O)c(Cl)ccc2cc1Cl. The van der Waals surface area contributed by atoms with Gasteiger partial charge in [0.25, 0.3) is 0 Å². The van der Waals surface area contributed by atoms with Crippen molar-refractivity contribution in [2.45, 2.75) is 26.4 Å². The Morgan fingerprint density at radius 2 is 1.82 bits per heavy atom. The fraction of sp³-hybridized carbons (Fsp3) is 0.308. The minimum Gasteiger partial charge on any atom is -0.386 e. The van der Waals surface area contributed by atoms with Crippen LogP contribution in [0.25, 0.3) is 10.9 Å². The van der Waals surface area contributed by atoms with Crippen molar-refractivity contribution >= 4 is 34.1 Å². The molecular weight excluding hydrogens is 257 g/mol. The molecule has 1 N–H and O–H groups in total. The number of hydrogen-bond donors (Lipinski definition) is 1. The largest absolute Gasteiger partial charge is 0.386 e. The van der Waals surface area contributed by atoms with Gasteiger partial charge in [0, 0.05) is 16.0 Å². The molecule has 0 aliphatic carbocycles. The summed E-state index contributed by atoms with van der Waals surface area (Å²) in [5.74, 6) is 0. The fourth-order valence-corrected chi connectivity index (χ4v) is 2.41. The highest BCUT2D eigenvalue weighted by Crippen LogP contribution is 2.34. The zero-order chi connectivity index (χ0) is 12.8. The molecule has 1 aromatic heterocycles. The summed E-state index contributed by atoms with van der Waals surface area (Å²) in [6, 6.07) is 5.44. The summed E-state index contributed by atoms with van der Waals surface area (Å²) < 4.78 is 0. The molecule has 0 saturated carbocycles. The maximum atomic E-state index is 10.2. The van der Waals surface area contributed by atoms with Gasteiger partial charge in [0.15, 0.2) is 0 Å². The minimum atomic E-state index is -1.04. The van der Waals surface area contributed by atoms with E-state index in [1.165, 1.54) is 0 Å². The highest BCUT2D eigenvalue weighted by molar-refractivity contribution is 6.33. The normalized spacial score (nSPS) is 12.1. The van der Waals surface area contributed by atoms with E-state index >= 15 is 0 Å². The molecule has 0 aliphatic heterocycles. The summed E-state index contributed by atoms with van der Waals surface area (Å²) in [4.78, 5) is 4.43. The molecule has 0 unspecified atom stereocenters. The third kappa shape index (κ3) is 2.25. The minimum absolute atomic E-state index is 0.513. The Bertz CT molecular complexity index is 588. The number of aromatic nitrogens is 1. The van der Waals surface area contributed by atoms with E-state index in [-0.39, 0.29) is 0 Å². The second kappa shape index (κ2) is 4.13. The van der Waals surface area contributed by atoms with Crippen LogP contribution < -0.4 is 0 Å². The molecule has 0 spiro atoms. The first-order chi connectivity index (χ1) is 7.80. The lowest BCUT2D eigenvalue weighted by Gasteiger charge is -2.21. The molecule has 2 nitrogen and oxygen atoms in total. The van der Waals surface area contributed by atoms with Crippen molar-refractivity contribution in [3.05, 3.63) is 39.5 Å². The topological polar surface area (TPSA) is 33.1 Å². The predicted molar refractivity (Wildman–Crippen MR) is 71.7 cm³/mol. The van der Waals surface area contributed by atoms with Crippen molar-refractivity contribution in [3.8, 4) is 0 Å². The molecule has 17 heavy (non-hydrogen) atoms. The number of rotatable bonds is 1. The number of fused-ring (bicyclic) bond motifs is 1. The molecule has 1 aromatic carbocycles. The third-order valence-corrected chi connectivity index (χ3v) is 3.38. The van der Waals surface area contributed by atoms with Gasteiger partial charge in [-0.05, 0) is 32.9 Å². The molecule has 4 heteroatoms. The van der Waals surface area contributed by atoms with Crippen LogP contribution in [0.5, 0.6) is 0 Å². The van der Waals surface area contributed by atoms with E-state index in [9.17, 15) is 5.11 Å². The maximum absolute atomic E-state index is 10.2. The smallest absolute Gasteiger partial charge is 0.0876 e. The second-order valence-corrected chi connectivity index (χ2v) is 5.42. The molecule has 1 heterocycles. The number of nitrogens with zero attached hydrogens (tertiary/aromatic N) is 1. The van der Waals surface area contributed by atoms with Crippen LogP contribution in [-0.2, 0) is 5.60 Å². The zero-order valence-electron chi connectivity index (χ0n) is 9.88. The van der Waals surface area contributed by atoms with E-state index < -0.39 is 5.60 Å². The lowest BCUT2D eigenvalue weighted by atomic mass is 9.95. The van der Waals surface area contributed by atoms with E-state index in [4.69, 9.17) is 23.2 Å². The van der Waals surface area contributed by atoms with Gasteiger partial charge in [0.2, 0.25) is 0 Å². The first kappa shape index (κ1) is 12.6. The van der Waals surface area contributed by atoms with Crippen LogP contribution in [0.15, 0.2) is 18.2 Å². The Hall–Kier alpha value is -0.830. The van der Waals surface area contributed by atoms with Gasteiger partial charge in [-0.15, -0.1) is 0 Å². The predicted octanol–water partition coefficient (Wildman–Crippen LogP) is 4.08. The van der Waals surface area contributed by atoms with Crippen molar-refractivity contribution in [2.75, 3.05) is 0 Å². The van der Waals surface area contributed by atoms with Crippen molar-refractivity contribution in [1.29, 1.82) is 0 Å². The van der Waals surface area contributed by atoms with Crippen LogP contribution >= 0.6 is 23.2 Å². The molecule has 0 fully saturated rings. The standard InChI is InChI=1S/C13H13Cl2NO/c1-7-10(15)6-8-4-5-9(14)11(12(8)16-7)13(2,3)17/h4-6,17H,1-3H3. The lowest BCUT2D eigenvalue weighted by Crippen LogP contribution is -2.17. The van der Waals surface area contributed by atoms with E-state index in [0.29, 0.717) is 21.1 Å². The number of aliphatic hydroxyl groups is 1. The summed E-state index contributed by atoms with van der Waals surface area (Å²) in [5, 5.41) is 12.2. The number of aryl methyl sites for hydroxylation is 1. The highest BCUT2D eigenvalue weighted by Gasteiger charge is 2.23. The lowest BCUT2D eigenvalue weighted by molar-refractivity contribution is 0.0801. The molecule has 0 atom stereocenters. The summed E-state index contributed by atoms with van der Waals surface area (Å²) in [5.41, 5.74) is 1.03. The van der Waals surface area contributed by atoms with Gasteiger partial charge in [-0.1, -0.05) is 29.3 Å². The van der Waals surface area contributed by atoms with Gasteiger partial charge < -0.3 is 5.11 Å². The highest BCUT2D eigenvalue weighted by atomic mass is 35.5. The average molecular weight is 270 g/mol. The summed E-state index contributed by atoms with van der Waals surface area (Å²) in [7, 11) is 0. The molecule has 2 aromatic rings. The fourth-order valence-electron chi connectivity index (χ4n) is 1.86. The number of benzene rings is 1. The summed E-state index contributed by atoms with van der Waals surface area (Å²) >= 11 is 12.2. The Morgan fingerprint density at radius 1 is 1.18 bits per heavy atom. The zero-order valence-corrected chi connectivity index (χ0v) is 11.4. The van der Waals surface area contributed by atoms with Gasteiger partial charge in [0.1, 0.15) is 0 Å². The molecule has 0 aliphatic rings. The van der Waals surface area contributed by atoms with E-state index in [2.05, 4.69) is 4.98 Å². The van der Waals surface area contributed by atoms with Crippen molar-refractivity contribution in [1.82, 2.24) is 4.98 Å². The van der Waals surface area contributed by atoms with E-state index in [0.717, 1.165) is 11.1 Å². The third-order valence-electron chi connectivity index (χ3n) is 2.68. The number of hydrogen-bond acceptors (Lipinski definition) is 2. The van der Waals surface area contributed by atoms with Crippen LogP contribution in [0, 0.1) is 6.92 Å². The molecule has 90 valence electrons. The number of halogens is 2. The first-order valence-corrected chi connectivity index (χ1v) is 6.04. The van der Waals surface area contributed by atoms with E-state index in [1.807, 2.05) is 19.1 Å². The van der Waals surface area contributed by atoms with Gasteiger partial charge >= 0.3 is 0 Å². The molecule has 0 amide bonds. The van der Waals surface area contributed by atoms with Gasteiger partial charge in [-0.25, -0.2) is 0 Å². The van der Waals surface area contributed by atoms with Gasteiger partial charge in [-0.2, -0.15) is 0 Å². The monoisotopic (exact) mass is 269 g/mol. The Balaban J connectivity index is 2.90.